The highest BCUT2D eigenvalue weighted by molar-refractivity contribution is 7.09. The van der Waals surface area contributed by atoms with Gasteiger partial charge in [0.25, 0.3) is 0 Å². The lowest BCUT2D eigenvalue weighted by molar-refractivity contribution is 0.281. The summed E-state index contributed by atoms with van der Waals surface area (Å²) in [5.41, 5.74) is 4.06. The lowest BCUT2D eigenvalue weighted by Crippen LogP contribution is -1.92. The molecule has 0 amide bonds. The number of aliphatic hydroxyl groups excluding tert-OH is 1. The first-order valence-corrected chi connectivity index (χ1v) is 5.57. The predicted molar refractivity (Wildman–Crippen MR) is 59.7 cm³/mol. The highest BCUT2D eigenvalue weighted by atomic mass is 32.1. The van der Waals surface area contributed by atoms with Crippen LogP contribution in [0, 0.1) is 13.8 Å². The fourth-order valence-electron chi connectivity index (χ4n) is 1.64. The minimum atomic E-state index is 0.00300. The number of hydrogen-bond donors (Lipinski definition) is 1. The van der Waals surface area contributed by atoms with Crippen LogP contribution >= 0.6 is 11.3 Å². The van der Waals surface area contributed by atoms with Crippen LogP contribution < -0.4 is 0 Å². The Hall–Kier alpha value is -1.20. The van der Waals surface area contributed by atoms with Gasteiger partial charge >= 0.3 is 0 Å². The molecular weight excluding hydrogens is 210 g/mol. The average Bonchev–Trinajstić information content (AvgIpc) is 2.74. The van der Waals surface area contributed by atoms with Gasteiger partial charge in [0.15, 0.2) is 0 Å². The van der Waals surface area contributed by atoms with E-state index in [9.17, 15) is 0 Å². The third-order valence-electron chi connectivity index (χ3n) is 2.45. The highest BCUT2D eigenvalue weighted by Gasteiger charge is 2.14. The summed E-state index contributed by atoms with van der Waals surface area (Å²) in [6.45, 7) is 4.00. The van der Waals surface area contributed by atoms with Crippen molar-refractivity contribution in [2.24, 2.45) is 7.05 Å². The molecule has 0 radical (unpaired) electrons. The van der Waals surface area contributed by atoms with Gasteiger partial charge in [0, 0.05) is 23.7 Å². The molecule has 0 aliphatic rings. The summed E-state index contributed by atoms with van der Waals surface area (Å²) in [7, 11) is 1.92. The van der Waals surface area contributed by atoms with Crippen LogP contribution in [0.1, 0.15) is 16.4 Å². The van der Waals surface area contributed by atoms with E-state index in [1.165, 1.54) is 11.3 Å². The number of aryl methyl sites for hydroxylation is 2. The van der Waals surface area contributed by atoms with Gasteiger partial charge < -0.3 is 5.11 Å². The molecule has 80 valence electrons. The van der Waals surface area contributed by atoms with E-state index in [-0.39, 0.29) is 6.61 Å². The molecule has 15 heavy (non-hydrogen) atoms. The molecule has 4 nitrogen and oxygen atoms in total. The van der Waals surface area contributed by atoms with Crippen molar-refractivity contribution in [3.63, 3.8) is 0 Å². The molecule has 2 rings (SSSR count). The van der Waals surface area contributed by atoms with Gasteiger partial charge in [0.2, 0.25) is 0 Å². The van der Waals surface area contributed by atoms with E-state index in [4.69, 9.17) is 5.11 Å². The smallest absolute Gasteiger partial charge is 0.119 e. The summed E-state index contributed by atoms with van der Waals surface area (Å²) < 4.78 is 1.85. The van der Waals surface area contributed by atoms with Crippen LogP contribution in [0.5, 0.6) is 0 Å². The second kappa shape index (κ2) is 3.75. The van der Waals surface area contributed by atoms with Crippen molar-refractivity contribution in [2.45, 2.75) is 20.5 Å². The number of rotatable bonds is 2. The lowest BCUT2D eigenvalue weighted by Gasteiger charge is -1.96. The number of aromatic nitrogens is 3. The van der Waals surface area contributed by atoms with Crippen molar-refractivity contribution in [2.75, 3.05) is 0 Å². The summed E-state index contributed by atoms with van der Waals surface area (Å²) in [6.07, 6.45) is 0. The van der Waals surface area contributed by atoms with Crippen molar-refractivity contribution >= 4 is 11.3 Å². The van der Waals surface area contributed by atoms with Crippen molar-refractivity contribution in [1.82, 2.24) is 14.8 Å². The first-order valence-electron chi connectivity index (χ1n) is 4.69. The summed E-state index contributed by atoms with van der Waals surface area (Å²) >= 11 is 1.47. The molecule has 0 bridgehead atoms. The van der Waals surface area contributed by atoms with Gasteiger partial charge in [-0.2, -0.15) is 5.10 Å². The molecule has 0 unspecified atom stereocenters. The van der Waals surface area contributed by atoms with Gasteiger partial charge in [-0.05, 0) is 13.8 Å². The number of nitrogens with zero attached hydrogens (tertiary/aromatic N) is 3. The van der Waals surface area contributed by atoms with Gasteiger partial charge in [-0.3, -0.25) is 4.68 Å². The van der Waals surface area contributed by atoms with Crippen LogP contribution in [-0.2, 0) is 13.7 Å². The first-order chi connectivity index (χ1) is 7.13. The van der Waals surface area contributed by atoms with Gasteiger partial charge in [-0.25, -0.2) is 4.98 Å². The zero-order valence-electron chi connectivity index (χ0n) is 8.98. The molecular formula is C10H13N3OS. The minimum absolute atomic E-state index is 0.00300. The molecule has 5 heteroatoms. The molecule has 0 saturated heterocycles. The lowest BCUT2D eigenvalue weighted by atomic mass is 10.1. The van der Waals surface area contributed by atoms with E-state index in [0.717, 1.165) is 27.7 Å². The molecule has 0 fully saturated rings. The standard InChI is InChI=1S/C10H13N3OS/c1-6-10(7(2)13(3)12-6)8-5-15-9(4-14)11-8/h5,14H,4H2,1-3H3. The van der Waals surface area contributed by atoms with Crippen LogP contribution in [0.4, 0.5) is 0 Å². The summed E-state index contributed by atoms with van der Waals surface area (Å²) in [4.78, 5) is 4.35. The van der Waals surface area contributed by atoms with E-state index in [0.29, 0.717) is 0 Å². The largest absolute Gasteiger partial charge is 0.389 e. The topological polar surface area (TPSA) is 50.9 Å². The number of aliphatic hydroxyl groups is 1. The van der Waals surface area contributed by atoms with E-state index in [1.54, 1.807) is 0 Å². The van der Waals surface area contributed by atoms with Crippen LogP contribution in [0.25, 0.3) is 11.3 Å². The first kappa shape index (κ1) is 10.3. The summed E-state index contributed by atoms with van der Waals surface area (Å²) in [6, 6.07) is 0. The van der Waals surface area contributed by atoms with Crippen molar-refractivity contribution < 1.29 is 5.11 Å². The Kier molecular flexibility index (Phi) is 2.58. The van der Waals surface area contributed by atoms with E-state index >= 15 is 0 Å². The zero-order chi connectivity index (χ0) is 11.0. The van der Waals surface area contributed by atoms with Crippen molar-refractivity contribution in [3.8, 4) is 11.3 Å². The number of thiazole rings is 1. The van der Waals surface area contributed by atoms with Crippen molar-refractivity contribution in [1.29, 1.82) is 0 Å². The fourth-order valence-corrected chi connectivity index (χ4v) is 2.29. The molecule has 0 saturated carbocycles. The minimum Gasteiger partial charge on any atom is -0.389 e. The molecule has 0 aromatic carbocycles. The van der Waals surface area contributed by atoms with Crippen LogP contribution in [0.15, 0.2) is 5.38 Å². The predicted octanol–water partition coefficient (Wildman–Crippen LogP) is 1.65. The molecule has 2 aromatic heterocycles. The highest BCUT2D eigenvalue weighted by Crippen LogP contribution is 2.27. The monoisotopic (exact) mass is 223 g/mol. The normalized spacial score (nSPS) is 10.9. The zero-order valence-corrected chi connectivity index (χ0v) is 9.80. The Labute approximate surface area is 92.2 Å². The Balaban J connectivity index is 2.53. The molecule has 0 spiro atoms. The molecule has 0 aliphatic carbocycles. The molecule has 2 heterocycles. The van der Waals surface area contributed by atoms with Gasteiger partial charge in [-0.1, -0.05) is 0 Å². The fraction of sp³-hybridized carbons (Fsp3) is 0.400. The van der Waals surface area contributed by atoms with E-state index in [2.05, 4.69) is 10.1 Å². The Morgan fingerprint density at radius 2 is 2.20 bits per heavy atom. The third kappa shape index (κ3) is 1.68. The van der Waals surface area contributed by atoms with Crippen LogP contribution in [0.3, 0.4) is 0 Å². The summed E-state index contributed by atoms with van der Waals surface area (Å²) in [5.74, 6) is 0. The Bertz CT molecular complexity index is 487. The van der Waals surface area contributed by atoms with Crippen LogP contribution in [-0.4, -0.2) is 19.9 Å². The molecule has 1 N–H and O–H groups in total. The Morgan fingerprint density at radius 1 is 1.47 bits per heavy atom. The molecule has 2 aromatic rings. The quantitative estimate of drug-likeness (QED) is 0.842. The maximum Gasteiger partial charge on any atom is 0.119 e. The summed E-state index contributed by atoms with van der Waals surface area (Å²) in [5, 5.41) is 16.0. The van der Waals surface area contributed by atoms with E-state index < -0.39 is 0 Å². The Morgan fingerprint density at radius 3 is 2.67 bits per heavy atom. The average molecular weight is 223 g/mol. The van der Waals surface area contributed by atoms with Gasteiger partial charge in [0.1, 0.15) is 5.01 Å². The molecule has 0 aliphatic heterocycles. The van der Waals surface area contributed by atoms with Crippen molar-refractivity contribution in [3.05, 3.63) is 21.8 Å². The van der Waals surface area contributed by atoms with Crippen LogP contribution in [0.2, 0.25) is 0 Å². The second-order valence-corrected chi connectivity index (χ2v) is 4.40. The third-order valence-corrected chi connectivity index (χ3v) is 3.29. The second-order valence-electron chi connectivity index (χ2n) is 3.45. The van der Waals surface area contributed by atoms with E-state index in [1.807, 2.05) is 31.0 Å². The number of hydrogen-bond acceptors (Lipinski definition) is 4. The molecule has 0 atom stereocenters. The van der Waals surface area contributed by atoms with Gasteiger partial charge in [-0.15, -0.1) is 11.3 Å². The maximum atomic E-state index is 8.97. The maximum absolute atomic E-state index is 8.97. The van der Waals surface area contributed by atoms with Gasteiger partial charge in [0.05, 0.1) is 18.0 Å². The SMILES string of the molecule is Cc1nn(C)c(C)c1-c1csc(CO)n1.